The lowest BCUT2D eigenvalue weighted by atomic mass is 10.2. The maximum absolute atomic E-state index is 13.3. The molecule has 7 heteroatoms. The fourth-order valence-electron chi connectivity index (χ4n) is 2.16. The van der Waals surface area contributed by atoms with Gasteiger partial charge in [0.2, 0.25) is 0 Å². The number of rotatable bonds is 2. The highest BCUT2D eigenvalue weighted by Crippen LogP contribution is 2.13. The number of nitrogens with one attached hydrogen (secondary N) is 1. The quantitative estimate of drug-likeness (QED) is 0.758. The van der Waals surface area contributed by atoms with Crippen molar-refractivity contribution in [3.63, 3.8) is 0 Å². The van der Waals surface area contributed by atoms with E-state index in [0.29, 0.717) is 0 Å². The Morgan fingerprint density at radius 3 is 2.36 bits per heavy atom. The lowest BCUT2D eigenvalue weighted by molar-refractivity contribution is 0.510. The summed E-state index contributed by atoms with van der Waals surface area (Å²) < 4.78 is 28.3. The van der Waals surface area contributed by atoms with Crippen molar-refractivity contribution in [3.05, 3.63) is 78.9 Å². The van der Waals surface area contributed by atoms with Gasteiger partial charge < -0.3 is 4.98 Å². The fraction of sp³-hybridized carbons (Fsp3) is 0.0667. The third-order valence-electron chi connectivity index (χ3n) is 3.28. The molecule has 0 atom stereocenters. The standard InChI is InChI=1S/C15H9BrF2N2O2/c16-9-3-1-8(2-4-9)7-20-14(21)10-5-11(17)12(18)6-13(10)19-15(20)22/h1-6H,7H2,(H,19,22). The second-order valence-corrected chi connectivity index (χ2v) is 5.68. The number of hydrogen-bond donors (Lipinski definition) is 1. The van der Waals surface area contributed by atoms with Gasteiger partial charge >= 0.3 is 5.69 Å². The zero-order valence-electron chi connectivity index (χ0n) is 11.1. The monoisotopic (exact) mass is 366 g/mol. The molecule has 0 radical (unpaired) electrons. The van der Waals surface area contributed by atoms with Gasteiger partial charge in [-0.25, -0.2) is 13.6 Å². The highest BCUT2D eigenvalue weighted by molar-refractivity contribution is 9.10. The second-order valence-electron chi connectivity index (χ2n) is 4.76. The van der Waals surface area contributed by atoms with E-state index in [4.69, 9.17) is 0 Å². The van der Waals surface area contributed by atoms with E-state index in [1.54, 1.807) is 24.3 Å². The first-order valence-corrected chi connectivity index (χ1v) is 7.11. The van der Waals surface area contributed by atoms with Gasteiger partial charge in [-0.3, -0.25) is 9.36 Å². The van der Waals surface area contributed by atoms with E-state index in [2.05, 4.69) is 20.9 Å². The van der Waals surface area contributed by atoms with Gasteiger partial charge in [-0.15, -0.1) is 0 Å². The van der Waals surface area contributed by atoms with Gasteiger partial charge in [0.25, 0.3) is 5.56 Å². The Hall–Kier alpha value is -2.28. The molecular formula is C15H9BrF2N2O2. The van der Waals surface area contributed by atoms with Crippen LogP contribution in [0.15, 0.2) is 50.5 Å². The Bertz CT molecular complexity index is 978. The first-order valence-electron chi connectivity index (χ1n) is 6.32. The topological polar surface area (TPSA) is 54.9 Å². The minimum atomic E-state index is -1.13. The van der Waals surface area contributed by atoms with E-state index in [1.807, 2.05) is 0 Å². The van der Waals surface area contributed by atoms with Gasteiger partial charge in [-0.1, -0.05) is 28.1 Å². The smallest absolute Gasteiger partial charge is 0.307 e. The molecule has 0 saturated carbocycles. The van der Waals surface area contributed by atoms with E-state index in [9.17, 15) is 18.4 Å². The van der Waals surface area contributed by atoms with Crippen molar-refractivity contribution in [2.75, 3.05) is 0 Å². The van der Waals surface area contributed by atoms with Crippen molar-refractivity contribution in [1.29, 1.82) is 0 Å². The van der Waals surface area contributed by atoms with Crippen LogP contribution < -0.4 is 11.2 Å². The van der Waals surface area contributed by atoms with Gasteiger partial charge in [-0.2, -0.15) is 0 Å². The molecule has 0 aliphatic carbocycles. The Morgan fingerprint density at radius 2 is 1.68 bits per heavy atom. The summed E-state index contributed by atoms with van der Waals surface area (Å²) in [6.07, 6.45) is 0. The number of benzene rings is 2. The van der Waals surface area contributed by atoms with Gasteiger partial charge in [0.05, 0.1) is 17.4 Å². The lowest BCUT2D eigenvalue weighted by Crippen LogP contribution is -2.35. The van der Waals surface area contributed by atoms with E-state index in [0.717, 1.165) is 26.7 Å². The molecule has 1 aromatic heterocycles. The van der Waals surface area contributed by atoms with Crippen molar-refractivity contribution >= 4 is 26.8 Å². The minimum absolute atomic E-state index is 0.0269. The van der Waals surface area contributed by atoms with Crippen molar-refractivity contribution in [1.82, 2.24) is 9.55 Å². The number of fused-ring (bicyclic) bond motifs is 1. The maximum atomic E-state index is 13.3. The minimum Gasteiger partial charge on any atom is -0.307 e. The number of aromatic nitrogens is 2. The van der Waals surface area contributed by atoms with Crippen molar-refractivity contribution in [3.8, 4) is 0 Å². The van der Waals surface area contributed by atoms with Gasteiger partial charge in [0.1, 0.15) is 0 Å². The molecule has 4 nitrogen and oxygen atoms in total. The van der Waals surface area contributed by atoms with E-state index < -0.39 is 22.9 Å². The van der Waals surface area contributed by atoms with Gasteiger partial charge in [0, 0.05) is 10.5 Å². The first-order chi connectivity index (χ1) is 10.5. The largest absolute Gasteiger partial charge is 0.329 e. The molecule has 0 amide bonds. The van der Waals surface area contributed by atoms with E-state index in [-0.39, 0.29) is 17.4 Å². The van der Waals surface area contributed by atoms with Crippen LogP contribution in [-0.4, -0.2) is 9.55 Å². The highest BCUT2D eigenvalue weighted by atomic mass is 79.9. The fourth-order valence-corrected chi connectivity index (χ4v) is 2.43. The molecule has 0 spiro atoms. The summed E-state index contributed by atoms with van der Waals surface area (Å²) in [7, 11) is 0. The summed E-state index contributed by atoms with van der Waals surface area (Å²) in [5, 5.41) is -0.0735. The molecule has 0 aliphatic heterocycles. The zero-order valence-corrected chi connectivity index (χ0v) is 12.7. The second kappa shape index (κ2) is 5.49. The Kier molecular flexibility index (Phi) is 3.66. The van der Waals surface area contributed by atoms with Crippen molar-refractivity contribution < 1.29 is 8.78 Å². The molecule has 2 aromatic carbocycles. The molecule has 0 unspecified atom stereocenters. The number of halogens is 3. The zero-order chi connectivity index (χ0) is 15.9. The Balaban J connectivity index is 2.18. The van der Waals surface area contributed by atoms with E-state index in [1.165, 1.54) is 0 Å². The molecule has 1 heterocycles. The van der Waals surface area contributed by atoms with Crippen LogP contribution in [0.25, 0.3) is 10.9 Å². The molecule has 0 aliphatic rings. The number of hydrogen-bond acceptors (Lipinski definition) is 2. The summed E-state index contributed by atoms with van der Waals surface area (Å²) in [4.78, 5) is 26.7. The number of nitrogens with zero attached hydrogens (tertiary/aromatic N) is 1. The highest BCUT2D eigenvalue weighted by Gasteiger charge is 2.12. The molecule has 1 N–H and O–H groups in total. The van der Waals surface area contributed by atoms with E-state index >= 15 is 0 Å². The predicted molar refractivity (Wildman–Crippen MR) is 82.0 cm³/mol. The molecule has 3 rings (SSSR count). The van der Waals surface area contributed by atoms with Crippen LogP contribution >= 0.6 is 15.9 Å². The summed E-state index contributed by atoms with van der Waals surface area (Å²) >= 11 is 3.29. The summed E-state index contributed by atoms with van der Waals surface area (Å²) in [5.41, 5.74) is -0.634. The number of H-pyrrole nitrogens is 1. The Morgan fingerprint density at radius 1 is 1.05 bits per heavy atom. The first kappa shape index (κ1) is 14.6. The SMILES string of the molecule is O=c1[nH]c2cc(F)c(F)cc2c(=O)n1Cc1ccc(Br)cc1. The van der Waals surface area contributed by atoms with Crippen LogP contribution in [0.1, 0.15) is 5.56 Å². The summed E-state index contributed by atoms with van der Waals surface area (Å²) in [5.74, 6) is -2.25. The number of aromatic amines is 1. The van der Waals surface area contributed by atoms with Crippen LogP contribution in [0.2, 0.25) is 0 Å². The average Bonchev–Trinajstić information content (AvgIpc) is 2.48. The average molecular weight is 367 g/mol. The van der Waals surface area contributed by atoms with Crippen LogP contribution in [0, 0.1) is 11.6 Å². The summed E-state index contributed by atoms with van der Waals surface area (Å²) in [6, 6.07) is 8.67. The molecule has 112 valence electrons. The molecule has 0 fully saturated rings. The predicted octanol–water partition coefficient (Wildman–Crippen LogP) is 2.78. The van der Waals surface area contributed by atoms with Crippen molar-refractivity contribution in [2.24, 2.45) is 0 Å². The van der Waals surface area contributed by atoms with Crippen molar-refractivity contribution in [2.45, 2.75) is 6.54 Å². The van der Waals surface area contributed by atoms with Crippen LogP contribution in [0.3, 0.4) is 0 Å². The molecule has 0 saturated heterocycles. The Labute approximate surface area is 131 Å². The molecule has 3 aromatic rings. The third kappa shape index (κ3) is 2.59. The molecular weight excluding hydrogens is 358 g/mol. The van der Waals surface area contributed by atoms with Gasteiger partial charge in [0.15, 0.2) is 11.6 Å². The summed E-state index contributed by atoms with van der Waals surface area (Å²) in [6.45, 7) is 0.0381. The van der Waals surface area contributed by atoms with Crippen LogP contribution in [0.4, 0.5) is 8.78 Å². The third-order valence-corrected chi connectivity index (χ3v) is 3.81. The van der Waals surface area contributed by atoms with Gasteiger partial charge in [-0.05, 0) is 23.8 Å². The maximum Gasteiger partial charge on any atom is 0.329 e. The normalized spacial score (nSPS) is 11.0. The van der Waals surface area contributed by atoms with Crippen LogP contribution in [0.5, 0.6) is 0 Å². The van der Waals surface area contributed by atoms with Crippen LogP contribution in [-0.2, 0) is 6.54 Å². The molecule has 0 bridgehead atoms. The lowest BCUT2D eigenvalue weighted by Gasteiger charge is -2.07. The molecule has 22 heavy (non-hydrogen) atoms.